The van der Waals surface area contributed by atoms with Crippen LogP contribution >= 0.6 is 11.3 Å². The lowest BCUT2D eigenvalue weighted by molar-refractivity contribution is 0.152. The highest BCUT2D eigenvalue weighted by atomic mass is 32.1. The van der Waals surface area contributed by atoms with Crippen LogP contribution in [0.1, 0.15) is 29.8 Å². The standard InChI is InChI=1S/C21H24N4S/c1-2-16-6-8-17(9-7-16)20-13-22-11-12-25(20)14-18-15-26-21(24-18)19-5-3-4-10-23-19/h3-10,15,20,22H,2,11-14H2,1H3. The Labute approximate surface area is 158 Å². The van der Waals surface area contributed by atoms with Crippen LogP contribution in [0.15, 0.2) is 54.0 Å². The van der Waals surface area contributed by atoms with Crippen molar-refractivity contribution < 1.29 is 0 Å². The van der Waals surface area contributed by atoms with Crippen LogP contribution in [0.3, 0.4) is 0 Å². The minimum atomic E-state index is 0.398. The van der Waals surface area contributed by atoms with Gasteiger partial charge in [-0.25, -0.2) is 4.98 Å². The molecule has 0 saturated carbocycles. The number of hydrogen-bond donors (Lipinski definition) is 1. The van der Waals surface area contributed by atoms with E-state index in [2.05, 4.69) is 51.8 Å². The number of pyridine rings is 1. The molecule has 0 radical (unpaired) electrons. The highest BCUT2D eigenvalue weighted by molar-refractivity contribution is 7.13. The van der Waals surface area contributed by atoms with Crippen molar-refractivity contribution in [3.8, 4) is 10.7 Å². The third-order valence-corrected chi connectivity index (χ3v) is 5.84. The molecule has 2 aromatic heterocycles. The molecule has 134 valence electrons. The van der Waals surface area contributed by atoms with Crippen molar-refractivity contribution in [3.63, 3.8) is 0 Å². The molecule has 1 aliphatic rings. The molecule has 0 spiro atoms. The molecule has 1 aliphatic heterocycles. The maximum Gasteiger partial charge on any atom is 0.142 e. The SMILES string of the molecule is CCc1ccc(C2CNCCN2Cc2csc(-c3ccccn3)n2)cc1. The van der Waals surface area contributed by atoms with Gasteiger partial charge in [-0.05, 0) is 29.7 Å². The van der Waals surface area contributed by atoms with E-state index in [4.69, 9.17) is 4.98 Å². The van der Waals surface area contributed by atoms with Crippen molar-refractivity contribution in [3.05, 3.63) is 70.9 Å². The van der Waals surface area contributed by atoms with Crippen LogP contribution in [0.2, 0.25) is 0 Å². The van der Waals surface area contributed by atoms with Gasteiger partial charge in [-0.15, -0.1) is 11.3 Å². The molecule has 0 amide bonds. The van der Waals surface area contributed by atoms with Gasteiger partial charge in [-0.3, -0.25) is 9.88 Å². The third-order valence-electron chi connectivity index (χ3n) is 4.93. The first-order chi connectivity index (χ1) is 12.8. The Morgan fingerprint density at radius 2 is 2.08 bits per heavy atom. The Morgan fingerprint density at radius 1 is 1.19 bits per heavy atom. The molecule has 0 bridgehead atoms. The fraction of sp³-hybridized carbons (Fsp3) is 0.333. The molecule has 1 atom stereocenters. The summed E-state index contributed by atoms with van der Waals surface area (Å²) in [6, 6.07) is 15.4. The predicted octanol–water partition coefficient (Wildman–Crippen LogP) is 3.91. The van der Waals surface area contributed by atoms with E-state index in [0.717, 1.165) is 49.0 Å². The number of thiazole rings is 1. The summed E-state index contributed by atoms with van der Waals surface area (Å²) in [4.78, 5) is 11.8. The lowest BCUT2D eigenvalue weighted by Crippen LogP contribution is -2.45. The van der Waals surface area contributed by atoms with Crippen molar-refractivity contribution in [1.82, 2.24) is 20.2 Å². The monoisotopic (exact) mass is 364 g/mol. The average Bonchev–Trinajstić information content (AvgIpc) is 3.18. The summed E-state index contributed by atoms with van der Waals surface area (Å²) in [5, 5.41) is 6.71. The van der Waals surface area contributed by atoms with Crippen molar-refractivity contribution in [2.24, 2.45) is 0 Å². The number of aryl methyl sites for hydroxylation is 1. The molecule has 1 fully saturated rings. The number of rotatable bonds is 5. The smallest absolute Gasteiger partial charge is 0.142 e. The van der Waals surface area contributed by atoms with E-state index < -0.39 is 0 Å². The van der Waals surface area contributed by atoms with Crippen LogP contribution in [0.25, 0.3) is 10.7 Å². The van der Waals surface area contributed by atoms with Gasteiger partial charge in [0.25, 0.3) is 0 Å². The Bertz CT molecular complexity index is 829. The molecular weight excluding hydrogens is 340 g/mol. The first kappa shape index (κ1) is 17.3. The lowest BCUT2D eigenvalue weighted by Gasteiger charge is -2.36. The fourth-order valence-electron chi connectivity index (χ4n) is 3.43. The Balaban J connectivity index is 1.51. The van der Waals surface area contributed by atoms with E-state index in [9.17, 15) is 0 Å². The van der Waals surface area contributed by atoms with Gasteiger partial charge in [0.2, 0.25) is 0 Å². The van der Waals surface area contributed by atoms with Gasteiger partial charge in [0.1, 0.15) is 5.01 Å². The number of nitrogens with one attached hydrogen (secondary N) is 1. The van der Waals surface area contributed by atoms with Crippen LogP contribution < -0.4 is 5.32 Å². The second-order valence-corrected chi connectivity index (χ2v) is 7.50. The summed E-state index contributed by atoms with van der Waals surface area (Å²) in [6.07, 6.45) is 2.91. The van der Waals surface area contributed by atoms with Crippen LogP contribution in [0.4, 0.5) is 0 Å². The number of nitrogens with zero attached hydrogens (tertiary/aromatic N) is 3. The van der Waals surface area contributed by atoms with Gasteiger partial charge in [0, 0.05) is 43.8 Å². The zero-order valence-corrected chi connectivity index (χ0v) is 15.9. The number of aromatic nitrogens is 2. The van der Waals surface area contributed by atoms with Crippen LogP contribution in [0, 0.1) is 0 Å². The van der Waals surface area contributed by atoms with Crippen molar-refractivity contribution >= 4 is 11.3 Å². The van der Waals surface area contributed by atoms with Gasteiger partial charge >= 0.3 is 0 Å². The summed E-state index contributed by atoms with van der Waals surface area (Å²) in [6.45, 7) is 6.14. The minimum Gasteiger partial charge on any atom is -0.314 e. The number of benzene rings is 1. The van der Waals surface area contributed by atoms with Gasteiger partial charge in [-0.1, -0.05) is 37.3 Å². The summed E-state index contributed by atoms with van der Waals surface area (Å²) in [5.74, 6) is 0. The molecule has 5 heteroatoms. The zero-order valence-electron chi connectivity index (χ0n) is 15.1. The molecule has 1 saturated heterocycles. The summed E-state index contributed by atoms with van der Waals surface area (Å²) in [5.41, 5.74) is 4.86. The zero-order chi connectivity index (χ0) is 17.8. The van der Waals surface area contributed by atoms with E-state index in [0.29, 0.717) is 6.04 Å². The first-order valence-electron chi connectivity index (χ1n) is 9.23. The van der Waals surface area contributed by atoms with E-state index in [1.807, 2.05) is 24.4 Å². The van der Waals surface area contributed by atoms with Gasteiger partial charge in [0.15, 0.2) is 0 Å². The first-order valence-corrected chi connectivity index (χ1v) is 10.1. The normalized spacial score (nSPS) is 18.1. The largest absolute Gasteiger partial charge is 0.314 e. The maximum absolute atomic E-state index is 4.82. The highest BCUT2D eigenvalue weighted by Crippen LogP contribution is 2.27. The Morgan fingerprint density at radius 3 is 2.85 bits per heavy atom. The van der Waals surface area contributed by atoms with E-state index in [-0.39, 0.29) is 0 Å². The molecule has 3 aromatic rings. The van der Waals surface area contributed by atoms with Crippen molar-refractivity contribution in [2.75, 3.05) is 19.6 Å². The van der Waals surface area contributed by atoms with Crippen molar-refractivity contribution in [1.29, 1.82) is 0 Å². The number of piperazine rings is 1. The Kier molecular flexibility index (Phi) is 5.39. The van der Waals surface area contributed by atoms with Crippen LogP contribution in [0.5, 0.6) is 0 Å². The minimum absolute atomic E-state index is 0.398. The maximum atomic E-state index is 4.82. The van der Waals surface area contributed by atoms with E-state index >= 15 is 0 Å². The summed E-state index contributed by atoms with van der Waals surface area (Å²) < 4.78 is 0. The molecule has 3 heterocycles. The molecule has 4 nitrogen and oxygen atoms in total. The predicted molar refractivity (Wildman–Crippen MR) is 107 cm³/mol. The average molecular weight is 365 g/mol. The van der Waals surface area contributed by atoms with Crippen molar-refractivity contribution in [2.45, 2.75) is 25.9 Å². The molecule has 0 aliphatic carbocycles. The number of hydrogen-bond acceptors (Lipinski definition) is 5. The van der Waals surface area contributed by atoms with Gasteiger partial charge in [-0.2, -0.15) is 0 Å². The van der Waals surface area contributed by atoms with Crippen LogP contribution in [-0.4, -0.2) is 34.5 Å². The molecule has 4 rings (SSSR count). The molecular formula is C21H24N4S. The topological polar surface area (TPSA) is 41.0 Å². The second-order valence-electron chi connectivity index (χ2n) is 6.64. The Hall–Kier alpha value is -2.08. The third kappa shape index (κ3) is 3.85. The van der Waals surface area contributed by atoms with E-state index in [1.54, 1.807) is 11.3 Å². The highest BCUT2D eigenvalue weighted by Gasteiger charge is 2.24. The van der Waals surface area contributed by atoms with Gasteiger partial charge < -0.3 is 5.32 Å². The summed E-state index contributed by atoms with van der Waals surface area (Å²) in [7, 11) is 0. The van der Waals surface area contributed by atoms with E-state index in [1.165, 1.54) is 11.1 Å². The summed E-state index contributed by atoms with van der Waals surface area (Å²) >= 11 is 1.68. The molecule has 1 N–H and O–H groups in total. The quantitative estimate of drug-likeness (QED) is 0.745. The van der Waals surface area contributed by atoms with Crippen LogP contribution in [-0.2, 0) is 13.0 Å². The molecule has 1 aromatic carbocycles. The molecule has 26 heavy (non-hydrogen) atoms. The second kappa shape index (κ2) is 8.08. The molecule has 1 unspecified atom stereocenters. The fourth-order valence-corrected chi connectivity index (χ4v) is 4.22. The lowest BCUT2D eigenvalue weighted by atomic mass is 10.0. The van der Waals surface area contributed by atoms with Gasteiger partial charge in [0.05, 0.1) is 11.4 Å².